The van der Waals surface area contributed by atoms with Crippen molar-refractivity contribution in [2.75, 3.05) is 26.3 Å². The van der Waals surface area contributed by atoms with Crippen LogP contribution in [0.25, 0.3) is 0 Å². The van der Waals surface area contributed by atoms with Crippen LogP contribution in [0.3, 0.4) is 0 Å². The minimum Gasteiger partial charge on any atom is -0.381 e. The van der Waals surface area contributed by atoms with Crippen LogP contribution in [0.1, 0.15) is 35.7 Å². The molecule has 2 saturated heterocycles. The van der Waals surface area contributed by atoms with Crippen molar-refractivity contribution in [2.24, 2.45) is 5.92 Å². The second-order valence-electron chi connectivity index (χ2n) is 6.25. The van der Waals surface area contributed by atoms with Gasteiger partial charge in [-0.2, -0.15) is 0 Å². The maximum atomic E-state index is 12.2. The molecule has 0 radical (unpaired) electrons. The van der Waals surface area contributed by atoms with Crippen LogP contribution in [0, 0.1) is 19.8 Å². The summed E-state index contributed by atoms with van der Waals surface area (Å²) in [4.78, 5) is 14.3. The lowest BCUT2D eigenvalue weighted by molar-refractivity contribution is -0.129. The number of amides is 1. The fourth-order valence-electron chi connectivity index (χ4n) is 3.36. The number of nitrogens with zero attached hydrogens (tertiary/aromatic N) is 1. The molecule has 1 aromatic rings. The van der Waals surface area contributed by atoms with Crippen LogP contribution >= 0.6 is 0 Å². The zero-order valence-corrected chi connectivity index (χ0v) is 12.9. The zero-order chi connectivity index (χ0) is 14.8. The molecule has 0 spiro atoms. The Morgan fingerprint density at radius 2 is 2.05 bits per heavy atom. The van der Waals surface area contributed by atoms with E-state index >= 15 is 0 Å². The summed E-state index contributed by atoms with van der Waals surface area (Å²) in [6, 6.07) is 6.46. The number of ether oxygens (including phenoxy) is 1. The third-order valence-electron chi connectivity index (χ3n) is 4.59. The normalized spacial score (nSPS) is 23.8. The molecule has 0 aliphatic carbocycles. The zero-order valence-electron chi connectivity index (χ0n) is 12.9. The van der Waals surface area contributed by atoms with E-state index < -0.39 is 0 Å². The smallest absolute Gasteiger partial charge is 0.238 e. The van der Waals surface area contributed by atoms with Gasteiger partial charge in [0.25, 0.3) is 0 Å². The van der Waals surface area contributed by atoms with Gasteiger partial charge in [-0.1, -0.05) is 23.8 Å². The molecule has 2 heterocycles. The number of benzene rings is 1. The summed E-state index contributed by atoms with van der Waals surface area (Å²) in [7, 11) is 0. The number of hydrogen-bond acceptors (Lipinski definition) is 3. The summed E-state index contributed by atoms with van der Waals surface area (Å²) in [5, 5.41) is 3.37. The minimum absolute atomic E-state index is 0.0287. The lowest BCUT2D eigenvalue weighted by atomic mass is 9.98. The van der Waals surface area contributed by atoms with Crippen LogP contribution in [0.5, 0.6) is 0 Å². The molecule has 1 unspecified atom stereocenters. The SMILES string of the molecule is Cc1ccc(C2NCC(=O)N2CC2CCOCC2)c(C)c1. The molecule has 1 atom stereocenters. The second-order valence-corrected chi connectivity index (χ2v) is 6.25. The molecular formula is C17H24N2O2. The molecule has 0 saturated carbocycles. The molecular weight excluding hydrogens is 264 g/mol. The number of rotatable bonds is 3. The molecule has 114 valence electrons. The van der Waals surface area contributed by atoms with E-state index in [2.05, 4.69) is 37.4 Å². The first-order valence-corrected chi connectivity index (χ1v) is 7.83. The number of carbonyl (C=O) groups excluding carboxylic acids is 1. The average molecular weight is 288 g/mol. The van der Waals surface area contributed by atoms with Crippen molar-refractivity contribution in [3.05, 3.63) is 34.9 Å². The highest BCUT2D eigenvalue weighted by Gasteiger charge is 2.34. The van der Waals surface area contributed by atoms with E-state index in [4.69, 9.17) is 4.74 Å². The highest BCUT2D eigenvalue weighted by molar-refractivity contribution is 5.81. The van der Waals surface area contributed by atoms with Gasteiger partial charge >= 0.3 is 0 Å². The van der Waals surface area contributed by atoms with E-state index in [9.17, 15) is 4.79 Å². The van der Waals surface area contributed by atoms with Gasteiger partial charge in [-0.3, -0.25) is 10.1 Å². The Morgan fingerprint density at radius 3 is 2.76 bits per heavy atom. The quantitative estimate of drug-likeness (QED) is 0.926. The summed E-state index contributed by atoms with van der Waals surface area (Å²) >= 11 is 0. The monoisotopic (exact) mass is 288 g/mol. The summed E-state index contributed by atoms with van der Waals surface area (Å²) < 4.78 is 5.42. The maximum Gasteiger partial charge on any atom is 0.238 e. The van der Waals surface area contributed by atoms with Crippen molar-refractivity contribution in [3.63, 3.8) is 0 Å². The predicted octanol–water partition coefficient (Wildman–Crippen LogP) is 2.16. The summed E-state index contributed by atoms with van der Waals surface area (Å²) in [6.07, 6.45) is 2.15. The van der Waals surface area contributed by atoms with Crippen LogP contribution in [0.4, 0.5) is 0 Å². The number of hydrogen-bond donors (Lipinski definition) is 1. The lowest BCUT2D eigenvalue weighted by Gasteiger charge is -2.31. The van der Waals surface area contributed by atoms with Crippen molar-refractivity contribution in [2.45, 2.75) is 32.9 Å². The van der Waals surface area contributed by atoms with Crippen molar-refractivity contribution >= 4 is 5.91 Å². The van der Waals surface area contributed by atoms with E-state index in [0.717, 1.165) is 32.6 Å². The van der Waals surface area contributed by atoms with Crippen LogP contribution in [0.2, 0.25) is 0 Å². The summed E-state index contributed by atoms with van der Waals surface area (Å²) in [5.74, 6) is 0.780. The Hall–Kier alpha value is -1.39. The first-order valence-electron chi connectivity index (χ1n) is 7.83. The molecule has 2 fully saturated rings. The largest absolute Gasteiger partial charge is 0.381 e. The minimum atomic E-state index is 0.0287. The Bertz CT molecular complexity index is 524. The Kier molecular flexibility index (Phi) is 4.27. The second kappa shape index (κ2) is 6.16. The molecule has 21 heavy (non-hydrogen) atoms. The van der Waals surface area contributed by atoms with Crippen LogP contribution < -0.4 is 5.32 Å². The van der Waals surface area contributed by atoms with E-state index in [0.29, 0.717) is 12.5 Å². The Labute approximate surface area is 126 Å². The summed E-state index contributed by atoms with van der Waals surface area (Å²) in [6.45, 7) is 7.17. The van der Waals surface area contributed by atoms with Gasteiger partial charge in [0.05, 0.1) is 6.54 Å². The topological polar surface area (TPSA) is 41.6 Å². The molecule has 2 aliphatic rings. The van der Waals surface area contributed by atoms with Gasteiger partial charge in [0.2, 0.25) is 5.91 Å². The number of aryl methyl sites for hydroxylation is 2. The molecule has 4 nitrogen and oxygen atoms in total. The van der Waals surface area contributed by atoms with Crippen LogP contribution in [-0.4, -0.2) is 37.1 Å². The van der Waals surface area contributed by atoms with E-state index in [-0.39, 0.29) is 12.1 Å². The van der Waals surface area contributed by atoms with E-state index in [1.165, 1.54) is 16.7 Å². The molecule has 2 aliphatic heterocycles. The van der Waals surface area contributed by atoms with Crippen LogP contribution in [-0.2, 0) is 9.53 Å². The molecule has 0 bridgehead atoms. The van der Waals surface area contributed by atoms with Gasteiger partial charge in [-0.25, -0.2) is 0 Å². The molecule has 1 N–H and O–H groups in total. The fraction of sp³-hybridized carbons (Fsp3) is 0.588. The molecule has 1 aromatic carbocycles. The highest BCUT2D eigenvalue weighted by Crippen LogP contribution is 2.28. The molecule has 1 amide bonds. The average Bonchev–Trinajstić information content (AvgIpc) is 2.82. The van der Waals surface area contributed by atoms with Crippen molar-refractivity contribution in [1.29, 1.82) is 0 Å². The predicted molar refractivity (Wildman–Crippen MR) is 81.9 cm³/mol. The lowest BCUT2D eigenvalue weighted by Crippen LogP contribution is -2.36. The Morgan fingerprint density at radius 1 is 1.29 bits per heavy atom. The van der Waals surface area contributed by atoms with Gasteiger partial charge in [0, 0.05) is 19.8 Å². The number of carbonyl (C=O) groups is 1. The molecule has 4 heteroatoms. The van der Waals surface area contributed by atoms with E-state index in [1.807, 2.05) is 4.90 Å². The third kappa shape index (κ3) is 3.11. The fourth-order valence-corrected chi connectivity index (χ4v) is 3.36. The standard InChI is InChI=1S/C17H24N2O2/c1-12-3-4-15(13(2)9-12)17-18-10-16(20)19(17)11-14-5-7-21-8-6-14/h3-4,9,14,17-18H,5-8,10-11H2,1-2H3. The summed E-state index contributed by atoms with van der Waals surface area (Å²) in [5.41, 5.74) is 3.73. The van der Waals surface area contributed by atoms with Gasteiger partial charge in [-0.05, 0) is 43.7 Å². The first-order chi connectivity index (χ1) is 10.1. The van der Waals surface area contributed by atoms with Crippen molar-refractivity contribution < 1.29 is 9.53 Å². The van der Waals surface area contributed by atoms with Crippen molar-refractivity contribution in [3.8, 4) is 0 Å². The van der Waals surface area contributed by atoms with Gasteiger partial charge < -0.3 is 9.64 Å². The molecule has 0 aromatic heterocycles. The maximum absolute atomic E-state index is 12.2. The van der Waals surface area contributed by atoms with Crippen molar-refractivity contribution in [1.82, 2.24) is 10.2 Å². The van der Waals surface area contributed by atoms with Crippen LogP contribution in [0.15, 0.2) is 18.2 Å². The Balaban J connectivity index is 1.78. The van der Waals surface area contributed by atoms with Gasteiger partial charge in [0.15, 0.2) is 0 Å². The number of nitrogens with one attached hydrogen (secondary N) is 1. The third-order valence-corrected chi connectivity index (χ3v) is 4.59. The molecule has 3 rings (SSSR count). The van der Waals surface area contributed by atoms with E-state index in [1.54, 1.807) is 0 Å². The first kappa shape index (κ1) is 14.5. The highest BCUT2D eigenvalue weighted by atomic mass is 16.5. The van der Waals surface area contributed by atoms with Gasteiger partial charge in [-0.15, -0.1) is 0 Å². The van der Waals surface area contributed by atoms with Gasteiger partial charge in [0.1, 0.15) is 6.17 Å².